The molecule has 0 bridgehead atoms. The molecular formula is C14H23NO2S. The van der Waals surface area contributed by atoms with Crippen molar-refractivity contribution >= 4 is 11.3 Å². The smallest absolute Gasteiger partial charge is 0.0587 e. The van der Waals surface area contributed by atoms with Crippen LogP contribution < -0.4 is 5.32 Å². The van der Waals surface area contributed by atoms with Crippen LogP contribution in [0.1, 0.15) is 18.4 Å². The monoisotopic (exact) mass is 269 g/mol. The summed E-state index contributed by atoms with van der Waals surface area (Å²) >= 11 is 1.78. The molecule has 1 fully saturated rings. The number of hydrogen-bond donors (Lipinski definition) is 1. The molecule has 18 heavy (non-hydrogen) atoms. The number of rotatable bonds is 7. The zero-order valence-corrected chi connectivity index (χ0v) is 11.9. The van der Waals surface area contributed by atoms with Gasteiger partial charge in [0.1, 0.15) is 0 Å². The molecule has 2 heterocycles. The summed E-state index contributed by atoms with van der Waals surface area (Å²) in [5.74, 6) is 0. The number of thiophene rings is 1. The van der Waals surface area contributed by atoms with Gasteiger partial charge in [0.25, 0.3) is 0 Å². The van der Waals surface area contributed by atoms with E-state index in [1.54, 1.807) is 18.4 Å². The number of hydrogen-bond acceptors (Lipinski definition) is 4. The Balaban J connectivity index is 1.89. The van der Waals surface area contributed by atoms with E-state index < -0.39 is 0 Å². The van der Waals surface area contributed by atoms with Gasteiger partial charge in [-0.05, 0) is 41.7 Å². The second-order valence-corrected chi connectivity index (χ2v) is 5.91. The minimum Gasteiger partial charge on any atom is -0.383 e. The highest BCUT2D eigenvalue weighted by atomic mass is 32.1. The van der Waals surface area contributed by atoms with Crippen LogP contribution in [0.2, 0.25) is 0 Å². The Bertz CT molecular complexity index is 321. The van der Waals surface area contributed by atoms with Gasteiger partial charge in [-0.15, -0.1) is 0 Å². The molecule has 1 unspecified atom stereocenters. The number of nitrogens with one attached hydrogen (secondary N) is 1. The second-order valence-electron chi connectivity index (χ2n) is 5.13. The van der Waals surface area contributed by atoms with Gasteiger partial charge >= 0.3 is 0 Å². The van der Waals surface area contributed by atoms with E-state index in [1.165, 1.54) is 18.4 Å². The molecule has 0 radical (unpaired) electrons. The fraction of sp³-hybridized carbons (Fsp3) is 0.714. The summed E-state index contributed by atoms with van der Waals surface area (Å²) in [5.41, 5.74) is 1.71. The van der Waals surface area contributed by atoms with Crippen LogP contribution >= 0.6 is 11.3 Å². The van der Waals surface area contributed by atoms with Crippen molar-refractivity contribution in [2.75, 3.05) is 40.0 Å². The maximum Gasteiger partial charge on any atom is 0.0587 e. The van der Waals surface area contributed by atoms with Gasteiger partial charge in [0.2, 0.25) is 0 Å². The predicted octanol–water partition coefficient (Wildman–Crippen LogP) is 2.32. The Labute approximate surface area is 113 Å². The Morgan fingerprint density at radius 2 is 2.50 bits per heavy atom. The van der Waals surface area contributed by atoms with Crippen LogP contribution in [0.25, 0.3) is 0 Å². The molecule has 1 atom stereocenters. The molecule has 2 rings (SSSR count). The molecule has 0 spiro atoms. The van der Waals surface area contributed by atoms with E-state index in [0.717, 1.165) is 39.3 Å². The minimum absolute atomic E-state index is 0.271. The van der Waals surface area contributed by atoms with Crippen LogP contribution in [0, 0.1) is 5.41 Å². The van der Waals surface area contributed by atoms with Crippen molar-refractivity contribution in [2.24, 2.45) is 5.41 Å². The van der Waals surface area contributed by atoms with E-state index in [0.29, 0.717) is 0 Å². The molecule has 0 aromatic carbocycles. The normalized spacial score (nSPS) is 24.3. The van der Waals surface area contributed by atoms with E-state index >= 15 is 0 Å². The lowest BCUT2D eigenvalue weighted by atomic mass is 9.77. The third-order valence-corrected chi connectivity index (χ3v) is 4.28. The van der Waals surface area contributed by atoms with Crippen molar-refractivity contribution in [1.29, 1.82) is 0 Å². The molecule has 1 aliphatic heterocycles. The average Bonchev–Trinajstić information content (AvgIpc) is 2.89. The number of ether oxygens (including phenoxy) is 2. The summed E-state index contributed by atoms with van der Waals surface area (Å²) in [5, 5.41) is 7.92. The van der Waals surface area contributed by atoms with Gasteiger partial charge in [0.05, 0.1) is 13.2 Å². The highest BCUT2D eigenvalue weighted by Crippen LogP contribution is 2.32. The molecule has 102 valence electrons. The topological polar surface area (TPSA) is 30.5 Å². The Morgan fingerprint density at radius 1 is 1.56 bits per heavy atom. The molecule has 4 heteroatoms. The van der Waals surface area contributed by atoms with Gasteiger partial charge in [-0.2, -0.15) is 11.3 Å². The molecule has 1 aromatic heterocycles. The van der Waals surface area contributed by atoms with Gasteiger partial charge in [0, 0.05) is 32.2 Å². The fourth-order valence-corrected chi connectivity index (χ4v) is 3.27. The minimum atomic E-state index is 0.271. The van der Waals surface area contributed by atoms with E-state index in [9.17, 15) is 0 Å². The van der Waals surface area contributed by atoms with Crippen LogP contribution in [-0.4, -0.2) is 40.0 Å². The zero-order valence-electron chi connectivity index (χ0n) is 11.1. The largest absolute Gasteiger partial charge is 0.383 e. The molecular weight excluding hydrogens is 246 g/mol. The maximum absolute atomic E-state index is 5.72. The van der Waals surface area contributed by atoms with Crippen molar-refractivity contribution < 1.29 is 9.47 Å². The maximum atomic E-state index is 5.72. The average molecular weight is 269 g/mol. The van der Waals surface area contributed by atoms with E-state index in [2.05, 4.69) is 22.1 Å². The first-order valence-corrected chi connectivity index (χ1v) is 7.57. The Hall–Kier alpha value is -0.420. The molecule has 0 saturated carbocycles. The number of methoxy groups -OCH3 is 1. The third-order valence-electron chi connectivity index (χ3n) is 3.55. The van der Waals surface area contributed by atoms with Gasteiger partial charge in [-0.3, -0.25) is 0 Å². The lowest BCUT2D eigenvalue weighted by molar-refractivity contribution is -0.00765. The first kappa shape index (κ1) is 14.0. The second kappa shape index (κ2) is 7.24. The van der Waals surface area contributed by atoms with Crippen LogP contribution in [0.15, 0.2) is 16.8 Å². The first-order valence-electron chi connectivity index (χ1n) is 6.63. The summed E-state index contributed by atoms with van der Waals surface area (Å²) in [4.78, 5) is 0. The highest BCUT2D eigenvalue weighted by Gasteiger charge is 2.32. The van der Waals surface area contributed by atoms with Crippen LogP contribution in [0.3, 0.4) is 0 Å². The summed E-state index contributed by atoms with van der Waals surface area (Å²) < 4.78 is 10.8. The molecule has 1 aromatic rings. The van der Waals surface area contributed by atoms with Gasteiger partial charge in [-0.1, -0.05) is 0 Å². The quantitative estimate of drug-likeness (QED) is 0.771. The lowest BCUT2D eigenvalue weighted by Crippen LogP contribution is -2.43. The predicted molar refractivity (Wildman–Crippen MR) is 75.3 cm³/mol. The summed E-state index contributed by atoms with van der Waals surface area (Å²) in [6.45, 7) is 4.51. The van der Waals surface area contributed by atoms with Crippen molar-refractivity contribution in [3.63, 3.8) is 0 Å². The van der Waals surface area contributed by atoms with Crippen LogP contribution in [0.5, 0.6) is 0 Å². The van der Waals surface area contributed by atoms with Crippen molar-refractivity contribution in [1.82, 2.24) is 5.32 Å². The van der Waals surface area contributed by atoms with Gasteiger partial charge < -0.3 is 14.8 Å². The van der Waals surface area contributed by atoms with E-state index in [-0.39, 0.29) is 5.41 Å². The Kier molecular flexibility index (Phi) is 5.63. The summed E-state index contributed by atoms with van der Waals surface area (Å²) in [6.07, 6.45) is 3.55. The molecule has 1 saturated heterocycles. The standard InChI is InChI=1S/C14H23NO2S/c1-16-7-5-15-11-14(4-2-6-17-12-14)9-13-3-8-18-10-13/h3,8,10,15H,2,4-7,9,11-12H2,1H3. The van der Waals surface area contributed by atoms with Gasteiger partial charge in [-0.25, -0.2) is 0 Å². The molecule has 3 nitrogen and oxygen atoms in total. The summed E-state index contributed by atoms with van der Waals surface area (Å²) in [6, 6.07) is 2.23. The van der Waals surface area contributed by atoms with Crippen molar-refractivity contribution in [2.45, 2.75) is 19.3 Å². The lowest BCUT2D eigenvalue weighted by Gasteiger charge is -2.37. The molecule has 1 N–H and O–H groups in total. The van der Waals surface area contributed by atoms with E-state index in [1.807, 2.05) is 0 Å². The molecule has 1 aliphatic rings. The highest BCUT2D eigenvalue weighted by molar-refractivity contribution is 7.07. The fourth-order valence-electron chi connectivity index (χ4n) is 2.61. The SMILES string of the molecule is COCCNCC1(Cc2ccsc2)CCCOC1. The van der Waals surface area contributed by atoms with Gasteiger partial charge in [0.15, 0.2) is 0 Å². The Morgan fingerprint density at radius 3 is 3.17 bits per heavy atom. The van der Waals surface area contributed by atoms with Crippen LogP contribution in [-0.2, 0) is 15.9 Å². The van der Waals surface area contributed by atoms with Crippen molar-refractivity contribution in [3.05, 3.63) is 22.4 Å². The van der Waals surface area contributed by atoms with Crippen LogP contribution in [0.4, 0.5) is 0 Å². The molecule has 0 amide bonds. The first-order chi connectivity index (χ1) is 8.85. The zero-order chi connectivity index (χ0) is 12.7. The summed E-state index contributed by atoms with van der Waals surface area (Å²) in [7, 11) is 1.74. The molecule has 0 aliphatic carbocycles. The van der Waals surface area contributed by atoms with Crippen molar-refractivity contribution in [3.8, 4) is 0 Å². The third kappa shape index (κ3) is 4.05. The van der Waals surface area contributed by atoms with E-state index in [4.69, 9.17) is 9.47 Å².